The van der Waals surface area contributed by atoms with Crippen LogP contribution in [0.5, 0.6) is 0 Å². The van der Waals surface area contributed by atoms with Gasteiger partial charge in [-0.3, -0.25) is 4.98 Å². The Morgan fingerprint density at radius 2 is 1.84 bits per heavy atom. The number of aromatic nitrogens is 2. The molecule has 0 saturated carbocycles. The molecule has 0 amide bonds. The lowest BCUT2D eigenvalue weighted by atomic mass is 10.0. The zero-order valence-electron chi connectivity index (χ0n) is 10.9. The first-order valence-electron chi connectivity index (χ1n) is 5.61. The predicted molar refractivity (Wildman–Crippen MR) is 72.0 cm³/mol. The van der Waals surface area contributed by atoms with Gasteiger partial charge in [-0.2, -0.15) is 0 Å². The topological polar surface area (TPSA) is 99.1 Å². The summed E-state index contributed by atoms with van der Waals surface area (Å²) in [4.78, 5) is 3.92. The molecule has 19 heavy (non-hydrogen) atoms. The van der Waals surface area contributed by atoms with E-state index in [0.717, 1.165) is 11.8 Å². The van der Waals surface area contributed by atoms with Crippen LogP contribution < -0.4 is 5.73 Å². The molecule has 2 aromatic heterocycles. The fraction of sp³-hybridized carbons (Fsp3) is 0.333. The second-order valence-electron chi connectivity index (χ2n) is 4.79. The van der Waals surface area contributed by atoms with Crippen LogP contribution in [0.2, 0.25) is 0 Å². The summed E-state index contributed by atoms with van der Waals surface area (Å²) in [5.74, 6) is 0.400. The van der Waals surface area contributed by atoms with Crippen LogP contribution in [0.4, 0.5) is 5.82 Å². The summed E-state index contributed by atoms with van der Waals surface area (Å²) in [6.45, 7) is 3.12. The van der Waals surface area contributed by atoms with E-state index < -0.39 is 14.6 Å². The van der Waals surface area contributed by atoms with Crippen LogP contribution in [0.1, 0.15) is 19.6 Å². The van der Waals surface area contributed by atoms with Gasteiger partial charge in [0.1, 0.15) is 4.75 Å². The van der Waals surface area contributed by atoms with E-state index in [1.54, 1.807) is 38.4 Å². The van der Waals surface area contributed by atoms with Crippen molar-refractivity contribution in [2.75, 3.05) is 12.0 Å². The van der Waals surface area contributed by atoms with Gasteiger partial charge in [0.05, 0.1) is 5.56 Å². The number of anilines is 1. The van der Waals surface area contributed by atoms with Gasteiger partial charge in [0, 0.05) is 18.6 Å². The molecule has 102 valence electrons. The quantitative estimate of drug-likeness (QED) is 0.917. The first-order chi connectivity index (χ1) is 8.75. The van der Waals surface area contributed by atoms with Crippen molar-refractivity contribution in [1.82, 2.24) is 10.1 Å². The van der Waals surface area contributed by atoms with Gasteiger partial charge >= 0.3 is 0 Å². The standard InChI is InChI=1S/C12H15N3O3S/c1-12(2,19(3,16)17)10-9(11(13)15-18-10)8-4-6-14-7-5-8/h4-7H,1-3H3,(H2,13,15). The second-order valence-corrected chi connectivity index (χ2v) is 7.36. The Kier molecular flexibility index (Phi) is 3.09. The summed E-state index contributed by atoms with van der Waals surface area (Å²) < 4.78 is 27.8. The Morgan fingerprint density at radius 3 is 2.37 bits per heavy atom. The molecule has 2 rings (SSSR count). The van der Waals surface area contributed by atoms with E-state index in [4.69, 9.17) is 10.3 Å². The van der Waals surface area contributed by atoms with Crippen molar-refractivity contribution in [3.63, 3.8) is 0 Å². The van der Waals surface area contributed by atoms with Crippen LogP contribution in [-0.2, 0) is 14.6 Å². The number of nitrogens with two attached hydrogens (primary N) is 1. The second kappa shape index (κ2) is 4.34. The number of pyridine rings is 1. The molecule has 0 aromatic carbocycles. The van der Waals surface area contributed by atoms with E-state index in [1.165, 1.54) is 0 Å². The normalized spacial score (nSPS) is 12.6. The Hall–Kier alpha value is -1.89. The fourth-order valence-electron chi connectivity index (χ4n) is 1.68. The van der Waals surface area contributed by atoms with E-state index >= 15 is 0 Å². The molecule has 7 heteroatoms. The van der Waals surface area contributed by atoms with E-state index in [-0.39, 0.29) is 11.6 Å². The highest BCUT2D eigenvalue weighted by molar-refractivity contribution is 7.91. The summed E-state index contributed by atoms with van der Waals surface area (Å²) in [6.07, 6.45) is 4.35. The highest BCUT2D eigenvalue weighted by Crippen LogP contribution is 2.39. The van der Waals surface area contributed by atoms with Gasteiger partial charge in [-0.05, 0) is 31.5 Å². The van der Waals surface area contributed by atoms with E-state index in [9.17, 15) is 8.42 Å². The molecule has 0 radical (unpaired) electrons. The van der Waals surface area contributed by atoms with Crippen molar-refractivity contribution in [2.45, 2.75) is 18.6 Å². The van der Waals surface area contributed by atoms with Crippen LogP contribution in [-0.4, -0.2) is 24.8 Å². The smallest absolute Gasteiger partial charge is 0.175 e. The minimum absolute atomic E-state index is 0.165. The maximum atomic E-state index is 11.9. The first-order valence-corrected chi connectivity index (χ1v) is 7.50. The Bertz CT molecular complexity index is 690. The van der Waals surface area contributed by atoms with Crippen molar-refractivity contribution in [3.05, 3.63) is 30.3 Å². The highest BCUT2D eigenvalue weighted by Gasteiger charge is 2.39. The number of sulfone groups is 1. The lowest BCUT2D eigenvalue weighted by Gasteiger charge is -2.20. The Labute approximate surface area is 111 Å². The average molecular weight is 281 g/mol. The first kappa shape index (κ1) is 13.5. The van der Waals surface area contributed by atoms with Gasteiger partial charge in [0.2, 0.25) is 0 Å². The third kappa shape index (κ3) is 2.21. The van der Waals surface area contributed by atoms with Crippen molar-refractivity contribution in [1.29, 1.82) is 0 Å². The van der Waals surface area contributed by atoms with Gasteiger partial charge in [-0.25, -0.2) is 8.42 Å². The molecule has 0 bridgehead atoms. The highest BCUT2D eigenvalue weighted by atomic mass is 32.2. The number of nitrogens with zero attached hydrogens (tertiary/aromatic N) is 2. The predicted octanol–water partition coefficient (Wildman–Crippen LogP) is 1.60. The van der Waals surface area contributed by atoms with Gasteiger partial charge in [0.25, 0.3) is 0 Å². The molecule has 0 fully saturated rings. The molecule has 0 aliphatic carbocycles. The molecule has 0 aliphatic rings. The number of rotatable bonds is 3. The number of nitrogen functional groups attached to an aromatic ring is 1. The summed E-state index contributed by atoms with van der Waals surface area (Å²) in [6, 6.07) is 3.45. The Balaban J connectivity index is 2.70. The summed E-state index contributed by atoms with van der Waals surface area (Å²) in [5.41, 5.74) is 7.01. The van der Waals surface area contributed by atoms with E-state index in [1.807, 2.05) is 0 Å². The van der Waals surface area contributed by atoms with Gasteiger partial charge in [0.15, 0.2) is 21.4 Å². The SMILES string of the molecule is CC(C)(c1onc(N)c1-c1ccncc1)S(C)(=O)=O. The minimum atomic E-state index is -3.38. The zero-order chi connectivity index (χ0) is 14.3. The molecule has 6 nitrogen and oxygen atoms in total. The number of hydrogen-bond donors (Lipinski definition) is 1. The van der Waals surface area contributed by atoms with Gasteiger partial charge < -0.3 is 10.3 Å². The molecule has 0 aliphatic heterocycles. The third-order valence-electron chi connectivity index (χ3n) is 3.16. The van der Waals surface area contributed by atoms with Crippen molar-refractivity contribution < 1.29 is 12.9 Å². The van der Waals surface area contributed by atoms with E-state index in [0.29, 0.717) is 5.56 Å². The lowest BCUT2D eigenvalue weighted by Crippen LogP contribution is -2.28. The van der Waals surface area contributed by atoms with Crippen molar-refractivity contribution in [2.24, 2.45) is 0 Å². The summed E-state index contributed by atoms with van der Waals surface area (Å²) in [5, 5.41) is 3.69. The maximum Gasteiger partial charge on any atom is 0.175 e. The average Bonchev–Trinajstić information content (AvgIpc) is 2.71. The van der Waals surface area contributed by atoms with Crippen LogP contribution in [0, 0.1) is 0 Å². The maximum absolute atomic E-state index is 11.9. The molecule has 2 aromatic rings. The van der Waals surface area contributed by atoms with Crippen molar-refractivity contribution in [3.8, 4) is 11.1 Å². The molecule has 2 heterocycles. The molecule has 0 unspecified atom stereocenters. The Morgan fingerprint density at radius 1 is 1.26 bits per heavy atom. The molecule has 0 spiro atoms. The molecular weight excluding hydrogens is 266 g/mol. The van der Waals surface area contributed by atoms with Crippen molar-refractivity contribution >= 4 is 15.7 Å². The van der Waals surface area contributed by atoms with Crippen LogP contribution in [0.25, 0.3) is 11.1 Å². The fourth-order valence-corrected chi connectivity index (χ4v) is 2.16. The van der Waals surface area contributed by atoms with Crippen LogP contribution in [0.15, 0.2) is 29.0 Å². The van der Waals surface area contributed by atoms with Crippen LogP contribution >= 0.6 is 0 Å². The van der Waals surface area contributed by atoms with Gasteiger partial charge in [-0.15, -0.1) is 0 Å². The van der Waals surface area contributed by atoms with E-state index in [2.05, 4.69) is 10.1 Å². The van der Waals surface area contributed by atoms with Crippen LogP contribution in [0.3, 0.4) is 0 Å². The minimum Gasteiger partial charge on any atom is -0.380 e. The summed E-state index contributed by atoms with van der Waals surface area (Å²) >= 11 is 0. The summed E-state index contributed by atoms with van der Waals surface area (Å²) in [7, 11) is -3.38. The molecule has 0 saturated heterocycles. The monoisotopic (exact) mass is 281 g/mol. The van der Waals surface area contributed by atoms with Gasteiger partial charge in [-0.1, -0.05) is 5.16 Å². The number of hydrogen-bond acceptors (Lipinski definition) is 6. The molecule has 2 N–H and O–H groups in total. The molecular formula is C12H15N3O3S. The lowest BCUT2D eigenvalue weighted by molar-refractivity contribution is 0.357. The largest absolute Gasteiger partial charge is 0.380 e. The third-order valence-corrected chi connectivity index (χ3v) is 5.20. The zero-order valence-corrected chi connectivity index (χ0v) is 11.7. The molecule has 0 atom stereocenters.